The number of rotatable bonds is 1. The van der Waals surface area contributed by atoms with E-state index in [1.54, 1.807) is 24.3 Å². The van der Waals surface area contributed by atoms with Crippen LogP contribution in [-0.4, -0.2) is 30.1 Å². The fourth-order valence-electron chi connectivity index (χ4n) is 2.21. The summed E-state index contributed by atoms with van der Waals surface area (Å²) in [6.07, 6.45) is -4.18. The van der Waals surface area contributed by atoms with Crippen LogP contribution >= 0.6 is 15.9 Å². The lowest BCUT2D eigenvalue weighted by atomic mass is 9.96. The Morgan fingerprint density at radius 1 is 1.21 bits per heavy atom. The van der Waals surface area contributed by atoms with Crippen molar-refractivity contribution in [1.82, 2.24) is 4.90 Å². The van der Waals surface area contributed by atoms with Crippen LogP contribution in [0.25, 0.3) is 0 Å². The molecule has 104 valence electrons. The maximum absolute atomic E-state index is 12.5. The summed E-state index contributed by atoms with van der Waals surface area (Å²) >= 11 is 3.28. The highest BCUT2D eigenvalue weighted by Crippen LogP contribution is 2.34. The van der Waals surface area contributed by atoms with Gasteiger partial charge in [0.15, 0.2) is 0 Å². The minimum absolute atomic E-state index is 0.0142. The molecule has 1 aliphatic heterocycles. The van der Waals surface area contributed by atoms with Crippen molar-refractivity contribution in [3.8, 4) is 0 Å². The zero-order valence-electron chi connectivity index (χ0n) is 10.1. The van der Waals surface area contributed by atoms with Crippen LogP contribution in [0.4, 0.5) is 13.2 Å². The van der Waals surface area contributed by atoms with Crippen LogP contribution in [0.15, 0.2) is 28.7 Å². The normalized spacial score (nSPS) is 17.6. The summed E-state index contributed by atoms with van der Waals surface area (Å²) in [7, 11) is 0. The highest BCUT2D eigenvalue weighted by Gasteiger charge is 2.41. The lowest BCUT2D eigenvalue weighted by molar-refractivity contribution is -0.183. The first-order chi connectivity index (χ1) is 8.89. The molecule has 0 atom stereocenters. The Kier molecular flexibility index (Phi) is 4.18. The van der Waals surface area contributed by atoms with E-state index in [2.05, 4.69) is 15.9 Å². The first-order valence-corrected chi connectivity index (χ1v) is 6.79. The van der Waals surface area contributed by atoms with Crippen LogP contribution in [-0.2, 0) is 0 Å². The van der Waals surface area contributed by atoms with E-state index < -0.39 is 12.1 Å². The highest BCUT2D eigenvalue weighted by atomic mass is 79.9. The molecule has 1 aromatic carbocycles. The Hall–Kier alpha value is -1.04. The van der Waals surface area contributed by atoms with Gasteiger partial charge < -0.3 is 4.90 Å². The SMILES string of the molecule is O=C(c1ccccc1Br)N1CCC(C(F)(F)F)CC1. The Morgan fingerprint density at radius 2 is 1.79 bits per heavy atom. The number of halogens is 4. The lowest BCUT2D eigenvalue weighted by Gasteiger charge is -2.33. The van der Waals surface area contributed by atoms with Gasteiger partial charge in [-0.1, -0.05) is 12.1 Å². The summed E-state index contributed by atoms with van der Waals surface area (Å²) < 4.78 is 38.3. The van der Waals surface area contributed by atoms with Crippen LogP contribution in [0.5, 0.6) is 0 Å². The predicted molar refractivity (Wildman–Crippen MR) is 68.8 cm³/mol. The summed E-state index contributed by atoms with van der Waals surface area (Å²) in [6.45, 7) is 0.314. The number of nitrogens with zero attached hydrogens (tertiary/aromatic N) is 1. The standard InChI is InChI=1S/C13H13BrF3NO/c14-11-4-2-1-3-10(11)12(19)18-7-5-9(6-8-18)13(15,16)17/h1-4,9H,5-8H2. The predicted octanol–water partition coefficient (Wildman–Crippen LogP) is 3.86. The number of hydrogen-bond acceptors (Lipinski definition) is 1. The average Bonchev–Trinajstić information content (AvgIpc) is 2.38. The Balaban J connectivity index is 2.03. The summed E-state index contributed by atoms with van der Waals surface area (Å²) in [5.41, 5.74) is 0.493. The van der Waals surface area contributed by atoms with Gasteiger partial charge in [0.25, 0.3) is 5.91 Å². The van der Waals surface area contributed by atoms with Crippen molar-refractivity contribution in [2.24, 2.45) is 5.92 Å². The number of alkyl halides is 3. The van der Waals surface area contributed by atoms with E-state index in [1.165, 1.54) is 4.90 Å². The Labute approximate surface area is 117 Å². The van der Waals surface area contributed by atoms with Crippen LogP contribution in [0.1, 0.15) is 23.2 Å². The van der Waals surface area contributed by atoms with Crippen molar-refractivity contribution in [2.45, 2.75) is 19.0 Å². The maximum Gasteiger partial charge on any atom is 0.391 e. The largest absolute Gasteiger partial charge is 0.391 e. The van der Waals surface area contributed by atoms with Gasteiger partial charge in [-0.15, -0.1) is 0 Å². The van der Waals surface area contributed by atoms with Crippen LogP contribution < -0.4 is 0 Å². The molecule has 1 saturated heterocycles. The molecule has 0 aliphatic carbocycles. The van der Waals surface area contributed by atoms with Gasteiger partial charge in [-0.3, -0.25) is 4.79 Å². The van der Waals surface area contributed by atoms with E-state index in [0.717, 1.165) is 0 Å². The smallest absolute Gasteiger partial charge is 0.339 e. The van der Waals surface area contributed by atoms with Crippen LogP contribution in [0.2, 0.25) is 0 Å². The fourth-order valence-corrected chi connectivity index (χ4v) is 2.67. The molecule has 0 N–H and O–H groups in total. The Bertz CT molecular complexity index is 467. The second-order valence-corrected chi connectivity index (χ2v) is 5.44. The van der Waals surface area contributed by atoms with Gasteiger partial charge in [-0.2, -0.15) is 13.2 Å². The van der Waals surface area contributed by atoms with Crippen molar-refractivity contribution >= 4 is 21.8 Å². The number of amides is 1. The number of hydrogen-bond donors (Lipinski definition) is 0. The number of carbonyl (C=O) groups is 1. The lowest BCUT2D eigenvalue weighted by Crippen LogP contribution is -2.42. The fraction of sp³-hybridized carbons (Fsp3) is 0.462. The molecule has 6 heteroatoms. The third-order valence-electron chi connectivity index (χ3n) is 3.35. The minimum atomic E-state index is -4.15. The molecule has 1 aliphatic rings. The maximum atomic E-state index is 12.5. The number of carbonyl (C=O) groups excluding carboxylic acids is 1. The second-order valence-electron chi connectivity index (χ2n) is 4.59. The molecule has 1 amide bonds. The third-order valence-corrected chi connectivity index (χ3v) is 4.04. The monoisotopic (exact) mass is 335 g/mol. The van der Waals surface area contributed by atoms with E-state index in [4.69, 9.17) is 0 Å². The molecular weight excluding hydrogens is 323 g/mol. The van der Waals surface area contributed by atoms with E-state index in [1.807, 2.05) is 0 Å². The molecule has 1 fully saturated rings. The average molecular weight is 336 g/mol. The molecule has 1 heterocycles. The minimum Gasteiger partial charge on any atom is -0.339 e. The third kappa shape index (κ3) is 3.29. The van der Waals surface area contributed by atoms with E-state index in [0.29, 0.717) is 10.0 Å². The summed E-state index contributed by atoms with van der Waals surface area (Å²) in [5.74, 6) is -1.50. The topological polar surface area (TPSA) is 20.3 Å². The van der Waals surface area contributed by atoms with Crippen molar-refractivity contribution in [2.75, 3.05) is 13.1 Å². The van der Waals surface area contributed by atoms with Crippen molar-refractivity contribution < 1.29 is 18.0 Å². The molecule has 0 aromatic heterocycles. The zero-order valence-corrected chi connectivity index (χ0v) is 11.7. The number of piperidine rings is 1. The van der Waals surface area contributed by atoms with Crippen molar-refractivity contribution in [3.63, 3.8) is 0 Å². The molecule has 0 unspecified atom stereocenters. The Morgan fingerprint density at radius 3 is 2.32 bits per heavy atom. The summed E-state index contributed by atoms with van der Waals surface area (Å²) in [6, 6.07) is 6.94. The molecule has 19 heavy (non-hydrogen) atoms. The molecule has 1 aromatic rings. The van der Waals surface area contributed by atoms with Gasteiger partial charge in [0, 0.05) is 17.6 Å². The van der Waals surface area contributed by atoms with Crippen molar-refractivity contribution in [3.05, 3.63) is 34.3 Å². The quantitative estimate of drug-likeness (QED) is 0.763. The molecule has 0 bridgehead atoms. The number of benzene rings is 1. The first-order valence-electron chi connectivity index (χ1n) is 6.00. The van der Waals surface area contributed by atoms with Gasteiger partial charge in [0.05, 0.1) is 11.5 Å². The van der Waals surface area contributed by atoms with Crippen LogP contribution in [0.3, 0.4) is 0 Å². The van der Waals surface area contributed by atoms with Crippen LogP contribution in [0, 0.1) is 5.92 Å². The summed E-state index contributed by atoms with van der Waals surface area (Å²) in [4.78, 5) is 13.7. The van der Waals surface area contributed by atoms with Gasteiger partial charge in [0.2, 0.25) is 0 Å². The summed E-state index contributed by atoms with van der Waals surface area (Å²) in [5, 5.41) is 0. The molecule has 0 radical (unpaired) electrons. The van der Waals surface area contributed by atoms with Gasteiger partial charge in [0.1, 0.15) is 0 Å². The first kappa shape index (κ1) is 14.4. The molecular formula is C13H13BrF3NO. The molecule has 0 spiro atoms. The number of likely N-dealkylation sites (tertiary alicyclic amines) is 1. The van der Waals surface area contributed by atoms with Crippen molar-refractivity contribution in [1.29, 1.82) is 0 Å². The second kappa shape index (κ2) is 5.53. The van der Waals surface area contributed by atoms with Gasteiger partial charge in [-0.05, 0) is 40.9 Å². The molecule has 2 rings (SSSR count). The van der Waals surface area contributed by atoms with Gasteiger partial charge in [-0.25, -0.2) is 0 Å². The van der Waals surface area contributed by atoms with E-state index in [9.17, 15) is 18.0 Å². The van der Waals surface area contributed by atoms with E-state index >= 15 is 0 Å². The molecule has 2 nitrogen and oxygen atoms in total. The highest BCUT2D eigenvalue weighted by molar-refractivity contribution is 9.10. The molecule has 0 saturated carbocycles. The zero-order chi connectivity index (χ0) is 14.0. The van der Waals surface area contributed by atoms with E-state index in [-0.39, 0.29) is 31.8 Å². The van der Waals surface area contributed by atoms with Gasteiger partial charge >= 0.3 is 6.18 Å².